The minimum absolute atomic E-state index is 0.362. The number of ether oxygens (including phenoxy) is 2. The summed E-state index contributed by atoms with van der Waals surface area (Å²) in [5.41, 5.74) is 2.47. The maximum atomic E-state index is 6.22. The molecule has 0 amide bonds. The molecule has 0 radical (unpaired) electrons. The molecule has 1 saturated heterocycles. The van der Waals surface area contributed by atoms with Gasteiger partial charge in [0.15, 0.2) is 0 Å². The fraction of sp³-hybridized carbons (Fsp3) is 0.625. The van der Waals surface area contributed by atoms with Gasteiger partial charge in [0, 0.05) is 42.5 Å². The summed E-state index contributed by atoms with van der Waals surface area (Å²) in [6.07, 6.45) is 3.47. The number of nitrogens with zero attached hydrogens (tertiary/aromatic N) is 1. The van der Waals surface area contributed by atoms with Crippen LogP contribution in [0.15, 0.2) is 12.1 Å². The Bertz CT molecular complexity index is 487. The van der Waals surface area contributed by atoms with E-state index in [1.54, 1.807) is 0 Å². The van der Waals surface area contributed by atoms with Gasteiger partial charge in [-0.15, -0.1) is 11.6 Å². The third-order valence-electron chi connectivity index (χ3n) is 4.18. The van der Waals surface area contributed by atoms with E-state index < -0.39 is 0 Å². The zero-order chi connectivity index (χ0) is 14.7. The summed E-state index contributed by atoms with van der Waals surface area (Å²) in [6, 6.07) is 4.07. The van der Waals surface area contributed by atoms with E-state index in [0.717, 1.165) is 56.3 Å². The average molecular weight is 330 g/mol. The molecule has 2 aliphatic rings. The van der Waals surface area contributed by atoms with Crippen LogP contribution in [0.4, 0.5) is 0 Å². The van der Waals surface area contributed by atoms with E-state index in [2.05, 4.69) is 4.90 Å². The van der Waals surface area contributed by atoms with Crippen molar-refractivity contribution in [2.75, 3.05) is 32.2 Å². The van der Waals surface area contributed by atoms with E-state index in [1.165, 1.54) is 11.1 Å². The molecule has 2 aliphatic heterocycles. The van der Waals surface area contributed by atoms with Crippen LogP contribution < -0.4 is 4.74 Å². The Kier molecular flexibility index (Phi) is 5.28. The number of piperidine rings is 1. The fourth-order valence-corrected chi connectivity index (χ4v) is 3.50. The highest BCUT2D eigenvalue weighted by molar-refractivity contribution is 6.30. The molecule has 0 N–H and O–H groups in total. The summed E-state index contributed by atoms with van der Waals surface area (Å²) in [5, 5.41) is 0.814. The lowest BCUT2D eigenvalue weighted by molar-refractivity contribution is 0.0133. The topological polar surface area (TPSA) is 21.7 Å². The molecule has 0 atom stereocenters. The Hall–Kier alpha value is -0.480. The van der Waals surface area contributed by atoms with Gasteiger partial charge in [0.05, 0.1) is 19.3 Å². The average Bonchev–Trinajstić information content (AvgIpc) is 2.95. The van der Waals surface area contributed by atoms with E-state index >= 15 is 0 Å². The van der Waals surface area contributed by atoms with Crippen LogP contribution in [0.1, 0.15) is 24.0 Å². The van der Waals surface area contributed by atoms with Crippen molar-refractivity contribution in [2.24, 2.45) is 0 Å². The largest absolute Gasteiger partial charge is 0.493 e. The molecular weight excluding hydrogens is 309 g/mol. The number of hydrogen-bond acceptors (Lipinski definition) is 3. The van der Waals surface area contributed by atoms with Gasteiger partial charge in [-0.2, -0.15) is 0 Å². The maximum absolute atomic E-state index is 6.22. The van der Waals surface area contributed by atoms with Gasteiger partial charge >= 0.3 is 0 Å². The second-order valence-corrected chi connectivity index (χ2v) is 6.50. The highest BCUT2D eigenvalue weighted by Crippen LogP contribution is 2.34. The van der Waals surface area contributed by atoms with Gasteiger partial charge in [0.1, 0.15) is 5.75 Å². The van der Waals surface area contributed by atoms with Crippen molar-refractivity contribution in [1.29, 1.82) is 0 Å². The van der Waals surface area contributed by atoms with Crippen LogP contribution in [-0.2, 0) is 17.7 Å². The molecule has 1 aromatic rings. The van der Waals surface area contributed by atoms with Crippen LogP contribution in [0.5, 0.6) is 5.75 Å². The summed E-state index contributed by atoms with van der Waals surface area (Å²) < 4.78 is 11.5. The Morgan fingerprint density at radius 3 is 2.86 bits per heavy atom. The SMILES string of the molecule is ClCCOC1CCN(Cc2cc(Cl)cc3c2OCC3)CC1. The van der Waals surface area contributed by atoms with Gasteiger partial charge in [-0.1, -0.05) is 11.6 Å². The number of fused-ring (bicyclic) bond motifs is 1. The number of hydrogen-bond donors (Lipinski definition) is 0. The van der Waals surface area contributed by atoms with Crippen LogP contribution in [0, 0.1) is 0 Å². The summed E-state index contributed by atoms with van der Waals surface area (Å²) in [7, 11) is 0. The number of benzene rings is 1. The summed E-state index contributed by atoms with van der Waals surface area (Å²) in [6.45, 7) is 4.44. The first kappa shape index (κ1) is 15.4. The van der Waals surface area contributed by atoms with Gasteiger partial charge in [0.25, 0.3) is 0 Å². The number of rotatable bonds is 5. The minimum atomic E-state index is 0.362. The zero-order valence-corrected chi connectivity index (χ0v) is 13.6. The summed E-state index contributed by atoms with van der Waals surface area (Å²) in [4.78, 5) is 2.45. The lowest BCUT2D eigenvalue weighted by atomic mass is 10.0. The number of likely N-dealkylation sites (tertiary alicyclic amines) is 1. The quantitative estimate of drug-likeness (QED) is 0.772. The molecule has 0 saturated carbocycles. The van der Waals surface area contributed by atoms with Gasteiger partial charge in [-0.05, 0) is 30.5 Å². The Balaban J connectivity index is 1.59. The Labute approximate surface area is 136 Å². The second-order valence-electron chi connectivity index (χ2n) is 5.69. The van der Waals surface area contributed by atoms with Crippen LogP contribution in [-0.4, -0.2) is 43.2 Å². The second kappa shape index (κ2) is 7.19. The summed E-state index contributed by atoms with van der Waals surface area (Å²) in [5.74, 6) is 1.63. The van der Waals surface area contributed by atoms with Crippen molar-refractivity contribution < 1.29 is 9.47 Å². The van der Waals surface area contributed by atoms with E-state index in [0.29, 0.717) is 18.6 Å². The third-order valence-corrected chi connectivity index (χ3v) is 4.56. The lowest BCUT2D eigenvalue weighted by Crippen LogP contribution is -2.36. The van der Waals surface area contributed by atoms with Gasteiger partial charge in [-0.25, -0.2) is 0 Å². The van der Waals surface area contributed by atoms with Crippen molar-refractivity contribution in [2.45, 2.75) is 31.9 Å². The molecule has 3 nitrogen and oxygen atoms in total. The highest BCUT2D eigenvalue weighted by Gasteiger charge is 2.23. The van der Waals surface area contributed by atoms with Crippen molar-refractivity contribution >= 4 is 23.2 Å². The van der Waals surface area contributed by atoms with E-state index in [-0.39, 0.29) is 0 Å². The smallest absolute Gasteiger partial charge is 0.127 e. The molecule has 3 rings (SSSR count). The van der Waals surface area contributed by atoms with Gasteiger partial charge in [-0.3, -0.25) is 4.90 Å². The highest BCUT2D eigenvalue weighted by atomic mass is 35.5. The minimum Gasteiger partial charge on any atom is -0.493 e. The van der Waals surface area contributed by atoms with E-state index in [9.17, 15) is 0 Å². The fourth-order valence-electron chi connectivity index (χ4n) is 3.15. The van der Waals surface area contributed by atoms with Crippen LogP contribution in [0.2, 0.25) is 5.02 Å². The standard InChI is InChI=1S/C16H21Cl2NO2/c17-4-8-20-15-1-5-19(6-2-15)11-13-10-14(18)9-12-3-7-21-16(12)13/h9-10,15H,1-8,11H2. The van der Waals surface area contributed by atoms with Gasteiger partial charge in [0.2, 0.25) is 0 Å². The molecule has 0 bridgehead atoms. The molecule has 0 aliphatic carbocycles. The first-order valence-electron chi connectivity index (χ1n) is 7.60. The predicted octanol–water partition coefficient (Wildman–Crippen LogP) is 3.49. The van der Waals surface area contributed by atoms with Crippen molar-refractivity contribution in [3.05, 3.63) is 28.3 Å². The third kappa shape index (κ3) is 3.84. The molecule has 2 heterocycles. The van der Waals surface area contributed by atoms with E-state index in [1.807, 2.05) is 12.1 Å². The van der Waals surface area contributed by atoms with Crippen LogP contribution >= 0.6 is 23.2 Å². The lowest BCUT2D eigenvalue weighted by Gasteiger charge is -2.32. The van der Waals surface area contributed by atoms with E-state index in [4.69, 9.17) is 32.7 Å². The molecule has 21 heavy (non-hydrogen) atoms. The first-order valence-corrected chi connectivity index (χ1v) is 8.51. The van der Waals surface area contributed by atoms with Crippen molar-refractivity contribution in [3.63, 3.8) is 0 Å². The molecule has 1 fully saturated rings. The maximum Gasteiger partial charge on any atom is 0.127 e. The normalized spacial score (nSPS) is 19.5. The molecule has 116 valence electrons. The van der Waals surface area contributed by atoms with Gasteiger partial charge < -0.3 is 9.47 Å². The number of alkyl halides is 1. The zero-order valence-electron chi connectivity index (χ0n) is 12.1. The Morgan fingerprint density at radius 1 is 1.29 bits per heavy atom. The molecule has 0 unspecified atom stereocenters. The molecule has 1 aromatic carbocycles. The predicted molar refractivity (Wildman–Crippen MR) is 85.6 cm³/mol. The first-order chi connectivity index (χ1) is 10.3. The molecule has 0 spiro atoms. The Morgan fingerprint density at radius 2 is 2.10 bits per heavy atom. The number of halogens is 2. The molecule has 5 heteroatoms. The monoisotopic (exact) mass is 329 g/mol. The summed E-state index contributed by atoms with van der Waals surface area (Å²) >= 11 is 11.9. The van der Waals surface area contributed by atoms with Crippen LogP contribution in [0.3, 0.4) is 0 Å². The molecular formula is C16H21Cl2NO2. The van der Waals surface area contributed by atoms with Crippen molar-refractivity contribution in [3.8, 4) is 5.75 Å². The van der Waals surface area contributed by atoms with Crippen molar-refractivity contribution in [1.82, 2.24) is 4.90 Å². The van der Waals surface area contributed by atoms with Crippen LogP contribution in [0.25, 0.3) is 0 Å². The molecule has 0 aromatic heterocycles.